The molecule has 0 aliphatic carbocycles. The molecule has 0 radical (unpaired) electrons. The number of aldehydes is 1. The van der Waals surface area contributed by atoms with Crippen LogP contribution in [0.2, 0.25) is 0 Å². The van der Waals surface area contributed by atoms with Crippen LogP contribution >= 0.6 is 0 Å². The second kappa shape index (κ2) is 4.90. The fourth-order valence-corrected chi connectivity index (χ4v) is 2.21. The Bertz CT molecular complexity index is 827. The Hall–Kier alpha value is -3.06. The summed E-state index contributed by atoms with van der Waals surface area (Å²) < 4.78 is 0. The van der Waals surface area contributed by atoms with Crippen molar-refractivity contribution in [3.05, 3.63) is 59.7 Å². The molecule has 0 saturated heterocycles. The van der Waals surface area contributed by atoms with Crippen LogP contribution in [0.15, 0.2) is 48.5 Å². The van der Waals surface area contributed by atoms with Crippen LogP contribution < -0.4 is 5.32 Å². The maximum Gasteiger partial charge on any atom is 0.154 e. The van der Waals surface area contributed by atoms with Gasteiger partial charge in [-0.15, -0.1) is 0 Å². The number of carbonyl (C=O) groups is 1. The number of nitrogens with one attached hydrogen (secondary N) is 2. The monoisotopic (exact) mass is 261 g/mol. The number of hydrogen-bond acceptors (Lipinski definition) is 3. The summed E-state index contributed by atoms with van der Waals surface area (Å²) in [5.74, 6) is 0.601. The smallest absolute Gasteiger partial charge is 0.154 e. The minimum absolute atomic E-state index is 0.531. The Morgan fingerprint density at radius 1 is 1.10 bits per heavy atom. The lowest BCUT2D eigenvalue weighted by Crippen LogP contribution is -1.96. The molecule has 0 saturated carbocycles. The number of H-pyrrole nitrogens is 1. The maximum atomic E-state index is 11.3. The molecule has 0 aliphatic rings. The van der Waals surface area contributed by atoms with E-state index < -0.39 is 0 Å². The number of carbonyl (C=O) groups excluding carboxylic acids is 1. The maximum absolute atomic E-state index is 11.3. The zero-order valence-electron chi connectivity index (χ0n) is 10.6. The van der Waals surface area contributed by atoms with Gasteiger partial charge in [0.25, 0.3) is 0 Å². The number of para-hydroxylation sites is 2. The highest BCUT2D eigenvalue weighted by Crippen LogP contribution is 2.28. The molecule has 0 unspecified atom stereocenters. The number of anilines is 2. The minimum Gasteiger partial charge on any atom is -0.341 e. The lowest BCUT2D eigenvalue weighted by molar-refractivity contribution is 0.112. The molecule has 4 nitrogen and oxygen atoms in total. The standard InChI is InChI=1S/C16H11N3O/c17-9-11-5-1-3-7-14(11)18-16-13(10-20)12-6-2-4-8-15(12)19-16/h1-8,10,18-19H. The highest BCUT2D eigenvalue weighted by Gasteiger charge is 2.11. The van der Waals surface area contributed by atoms with Crippen LogP contribution in [0.5, 0.6) is 0 Å². The highest BCUT2D eigenvalue weighted by molar-refractivity contribution is 6.03. The number of nitrogens with zero attached hydrogens (tertiary/aromatic N) is 1. The minimum atomic E-state index is 0.531. The summed E-state index contributed by atoms with van der Waals surface area (Å²) in [5.41, 5.74) is 2.65. The molecule has 2 N–H and O–H groups in total. The van der Waals surface area contributed by atoms with Gasteiger partial charge in [0.1, 0.15) is 11.9 Å². The molecule has 0 spiro atoms. The van der Waals surface area contributed by atoms with Gasteiger partial charge in [-0.3, -0.25) is 4.79 Å². The number of aromatic nitrogens is 1. The summed E-state index contributed by atoms with van der Waals surface area (Å²) in [6, 6.07) is 16.9. The molecule has 4 heteroatoms. The first-order valence-electron chi connectivity index (χ1n) is 6.15. The quantitative estimate of drug-likeness (QED) is 0.708. The van der Waals surface area contributed by atoms with Crippen molar-refractivity contribution in [2.24, 2.45) is 0 Å². The predicted octanol–water partition coefficient (Wildman–Crippen LogP) is 3.60. The van der Waals surface area contributed by atoms with Gasteiger partial charge < -0.3 is 10.3 Å². The Labute approximate surface area is 115 Å². The van der Waals surface area contributed by atoms with E-state index in [9.17, 15) is 4.79 Å². The SMILES string of the molecule is N#Cc1ccccc1Nc1[nH]c2ccccc2c1C=O. The summed E-state index contributed by atoms with van der Waals surface area (Å²) in [4.78, 5) is 14.5. The fourth-order valence-electron chi connectivity index (χ4n) is 2.21. The van der Waals surface area contributed by atoms with E-state index in [0.717, 1.165) is 17.2 Å². The molecule has 0 fully saturated rings. The largest absolute Gasteiger partial charge is 0.341 e. The van der Waals surface area contributed by atoms with E-state index >= 15 is 0 Å². The van der Waals surface area contributed by atoms with E-state index in [1.54, 1.807) is 18.2 Å². The first-order valence-corrected chi connectivity index (χ1v) is 6.15. The number of benzene rings is 2. The number of fused-ring (bicyclic) bond motifs is 1. The van der Waals surface area contributed by atoms with Crippen molar-refractivity contribution in [3.8, 4) is 6.07 Å². The summed E-state index contributed by atoms with van der Waals surface area (Å²) in [7, 11) is 0. The topological polar surface area (TPSA) is 68.7 Å². The van der Waals surface area contributed by atoms with Gasteiger partial charge in [-0.2, -0.15) is 5.26 Å². The van der Waals surface area contributed by atoms with E-state index in [1.807, 2.05) is 30.3 Å². The molecule has 0 aliphatic heterocycles. The zero-order valence-corrected chi connectivity index (χ0v) is 10.6. The predicted molar refractivity (Wildman–Crippen MR) is 78.1 cm³/mol. The second-order valence-electron chi connectivity index (χ2n) is 4.36. The Morgan fingerprint density at radius 3 is 2.65 bits per heavy atom. The zero-order chi connectivity index (χ0) is 13.9. The number of hydrogen-bond donors (Lipinski definition) is 2. The Balaban J connectivity index is 2.11. The van der Waals surface area contributed by atoms with Crippen molar-refractivity contribution in [2.75, 3.05) is 5.32 Å². The molecule has 0 bridgehead atoms. The second-order valence-corrected chi connectivity index (χ2v) is 4.36. The molecule has 96 valence electrons. The molecule has 0 atom stereocenters. The average molecular weight is 261 g/mol. The van der Waals surface area contributed by atoms with Crippen LogP contribution in [-0.4, -0.2) is 11.3 Å². The molecule has 2 aromatic carbocycles. The molecular weight excluding hydrogens is 250 g/mol. The van der Waals surface area contributed by atoms with Crippen molar-refractivity contribution in [1.82, 2.24) is 4.98 Å². The number of nitriles is 1. The number of aromatic amines is 1. The Kier molecular flexibility index (Phi) is 2.94. The van der Waals surface area contributed by atoms with Crippen molar-refractivity contribution < 1.29 is 4.79 Å². The molecule has 20 heavy (non-hydrogen) atoms. The summed E-state index contributed by atoms with van der Waals surface area (Å²) >= 11 is 0. The van der Waals surface area contributed by atoms with Gasteiger partial charge in [0.15, 0.2) is 6.29 Å². The van der Waals surface area contributed by atoms with Crippen molar-refractivity contribution in [2.45, 2.75) is 0 Å². The van der Waals surface area contributed by atoms with Crippen LogP contribution in [-0.2, 0) is 0 Å². The average Bonchev–Trinajstić information content (AvgIpc) is 2.85. The third-order valence-electron chi connectivity index (χ3n) is 3.17. The van der Waals surface area contributed by atoms with Gasteiger partial charge in [0.05, 0.1) is 16.8 Å². The molecule has 1 aromatic heterocycles. The summed E-state index contributed by atoms with van der Waals surface area (Å²) in [6.45, 7) is 0. The van der Waals surface area contributed by atoms with Crippen molar-refractivity contribution in [1.29, 1.82) is 5.26 Å². The molecule has 3 rings (SSSR count). The van der Waals surface area contributed by atoms with Crippen molar-refractivity contribution in [3.63, 3.8) is 0 Å². The van der Waals surface area contributed by atoms with Gasteiger partial charge in [0, 0.05) is 10.9 Å². The number of rotatable bonds is 3. The highest BCUT2D eigenvalue weighted by atomic mass is 16.1. The van der Waals surface area contributed by atoms with E-state index in [1.165, 1.54) is 0 Å². The van der Waals surface area contributed by atoms with Crippen molar-refractivity contribution >= 4 is 28.7 Å². The van der Waals surface area contributed by atoms with E-state index in [4.69, 9.17) is 5.26 Å². The third-order valence-corrected chi connectivity index (χ3v) is 3.17. The Morgan fingerprint density at radius 2 is 1.85 bits per heavy atom. The summed E-state index contributed by atoms with van der Waals surface area (Å²) in [5, 5.41) is 13.1. The lowest BCUT2D eigenvalue weighted by Gasteiger charge is -2.06. The molecule has 0 amide bonds. The lowest BCUT2D eigenvalue weighted by atomic mass is 10.1. The van der Waals surface area contributed by atoms with Gasteiger partial charge in [-0.25, -0.2) is 0 Å². The third kappa shape index (κ3) is 1.91. The van der Waals surface area contributed by atoms with Crippen LogP contribution in [0.4, 0.5) is 11.5 Å². The van der Waals surface area contributed by atoms with E-state index in [-0.39, 0.29) is 0 Å². The molecule has 3 aromatic rings. The van der Waals surface area contributed by atoms with Crippen LogP contribution in [0, 0.1) is 11.3 Å². The van der Waals surface area contributed by atoms with Gasteiger partial charge in [-0.05, 0) is 18.2 Å². The van der Waals surface area contributed by atoms with Gasteiger partial charge in [-0.1, -0.05) is 30.3 Å². The van der Waals surface area contributed by atoms with E-state index in [0.29, 0.717) is 22.6 Å². The first-order chi connectivity index (χ1) is 9.83. The van der Waals surface area contributed by atoms with Crippen LogP contribution in [0.3, 0.4) is 0 Å². The van der Waals surface area contributed by atoms with Crippen LogP contribution in [0.25, 0.3) is 10.9 Å². The first kappa shape index (κ1) is 12.0. The summed E-state index contributed by atoms with van der Waals surface area (Å²) in [6.07, 6.45) is 0.816. The van der Waals surface area contributed by atoms with E-state index in [2.05, 4.69) is 16.4 Å². The van der Waals surface area contributed by atoms with Gasteiger partial charge in [0.2, 0.25) is 0 Å². The van der Waals surface area contributed by atoms with Gasteiger partial charge >= 0.3 is 0 Å². The normalized spacial score (nSPS) is 10.2. The fraction of sp³-hybridized carbons (Fsp3) is 0. The van der Waals surface area contributed by atoms with Crippen LogP contribution in [0.1, 0.15) is 15.9 Å². The molecule has 1 heterocycles. The molecular formula is C16H11N3O.